The van der Waals surface area contributed by atoms with Gasteiger partial charge in [-0.2, -0.15) is 0 Å². The first-order valence-corrected chi connectivity index (χ1v) is 6.13. The lowest BCUT2D eigenvalue weighted by molar-refractivity contribution is 0.0468. The van der Waals surface area contributed by atoms with Crippen molar-refractivity contribution in [2.45, 2.75) is 33.6 Å². The first kappa shape index (κ1) is 14.9. The van der Waals surface area contributed by atoms with E-state index in [-0.39, 0.29) is 0 Å². The van der Waals surface area contributed by atoms with Crippen LogP contribution in [0.5, 0.6) is 0 Å². The fraction of sp³-hybridized carbons (Fsp3) is 1.00. The van der Waals surface area contributed by atoms with Crippen molar-refractivity contribution in [1.29, 1.82) is 0 Å². The molecule has 15 heavy (non-hydrogen) atoms. The maximum absolute atomic E-state index is 5.45. The molecule has 1 N–H and O–H groups in total. The second-order valence-electron chi connectivity index (χ2n) is 4.11. The summed E-state index contributed by atoms with van der Waals surface area (Å²) >= 11 is 0. The first-order chi connectivity index (χ1) is 7.27. The van der Waals surface area contributed by atoms with E-state index in [9.17, 15) is 0 Å². The number of hydrogen-bond acceptors (Lipinski definition) is 3. The Kier molecular flexibility index (Phi) is 11.9. The highest BCUT2D eigenvalue weighted by molar-refractivity contribution is 4.45. The van der Waals surface area contributed by atoms with Crippen LogP contribution in [0.4, 0.5) is 0 Å². The van der Waals surface area contributed by atoms with E-state index < -0.39 is 0 Å². The van der Waals surface area contributed by atoms with Gasteiger partial charge in [-0.25, -0.2) is 0 Å². The zero-order valence-corrected chi connectivity index (χ0v) is 10.6. The van der Waals surface area contributed by atoms with Gasteiger partial charge in [-0.3, -0.25) is 0 Å². The fourth-order valence-corrected chi connectivity index (χ4v) is 1.24. The lowest BCUT2D eigenvalue weighted by Gasteiger charge is -2.07. The van der Waals surface area contributed by atoms with E-state index in [1.807, 2.05) is 0 Å². The molecule has 0 rings (SSSR count). The van der Waals surface area contributed by atoms with E-state index in [4.69, 9.17) is 9.47 Å². The molecule has 0 unspecified atom stereocenters. The maximum Gasteiger partial charge on any atom is 0.0701 e. The second kappa shape index (κ2) is 12.0. The number of hydrogen-bond donors (Lipinski definition) is 1. The first-order valence-electron chi connectivity index (χ1n) is 6.13. The number of rotatable bonds is 11. The van der Waals surface area contributed by atoms with Gasteiger partial charge in [-0.1, -0.05) is 20.8 Å². The van der Waals surface area contributed by atoms with Gasteiger partial charge in [0.2, 0.25) is 0 Å². The Morgan fingerprint density at radius 1 is 1.00 bits per heavy atom. The Morgan fingerprint density at radius 3 is 2.27 bits per heavy atom. The van der Waals surface area contributed by atoms with Gasteiger partial charge in [0.05, 0.1) is 19.8 Å². The van der Waals surface area contributed by atoms with Crippen LogP contribution < -0.4 is 5.32 Å². The van der Waals surface area contributed by atoms with Crippen molar-refractivity contribution in [3.63, 3.8) is 0 Å². The van der Waals surface area contributed by atoms with Gasteiger partial charge < -0.3 is 14.8 Å². The summed E-state index contributed by atoms with van der Waals surface area (Å²) in [6.45, 7) is 11.6. The minimum atomic E-state index is 0.715. The molecular formula is C12H27NO2. The molecule has 92 valence electrons. The SMILES string of the molecule is CCNCCOCCOCCCC(C)C. The van der Waals surface area contributed by atoms with Gasteiger partial charge in [0.1, 0.15) is 0 Å². The van der Waals surface area contributed by atoms with Gasteiger partial charge in [-0.15, -0.1) is 0 Å². The zero-order valence-electron chi connectivity index (χ0n) is 10.6. The standard InChI is InChI=1S/C12H27NO2/c1-4-13-7-9-15-11-10-14-8-5-6-12(2)3/h12-13H,4-11H2,1-3H3. The third kappa shape index (κ3) is 13.9. The Morgan fingerprint density at radius 2 is 1.67 bits per heavy atom. The predicted molar refractivity (Wildman–Crippen MR) is 64.3 cm³/mol. The molecule has 3 nitrogen and oxygen atoms in total. The minimum absolute atomic E-state index is 0.715. The second-order valence-corrected chi connectivity index (χ2v) is 4.11. The van der Waals surface area contributed by atoms with Gasteiger partial charge in [0.15, 0.2) is 0 Å². The molecule has 0 aromatic rings. The molecule has 0 aromatic carbocycles. The summed E-state index contributed by atoms with van der Waals surface area (Å²) in [5, 5.41) is 3.21. The average Bonchev–Trinajstić information content (AvgIpc) is 2.20. The smallest absolute Gasteiger partial charge is 0.0701 e. The molecule has 0 amide bonds. The highest BCUT2D eigenvalue weighted by Crippen LogP contribution is 2.02. The van der Waals surface area contributed by atoms with Crippen LogP contribution in [-0.2, 0) is 9.47 Å². The van der Waals surface area contributed by atoms with E-state index in [1.54, 1.807) is 0 Å². The molecule has 0 radical (unpaired) electrons. The zero-order chi connectivity index (χ0) is 11.4. The molecule has 0 saturated heterocycles. The van der Waals surface area contributed by atoms with Crippen molar-refractivity contribution in [3.8, 4) is 0 Å². The van der Waals surface area contributed by atoms with Crippen LogP contribution >= 0.6 is 0 Å². The quantitative estimate of drug-likeness (QED) is 0.537. The Hall–Kier alpha value is -0.120. The van der Waals surface area contributed by atoms with E-state index in [0.29, 0.717) is 6.61 Å². The van der Waals surface area contributed by atoms with Crippen molar-refractivity contribution in [3.05, 3.63) is 0 Å². The van der Waals surface area contributed by atoms with Crippen molar-refractivity contribution in [2.24, 2.45) is 5.92 Å². The molecule has 0 spiro atoms. The summed E-state index contributed by atoms with van der Waals surface area (Å²) in [5.74, 6) is 0.782. The minimum Gasteiger partial charge on any atom is -0.379 e. The third-order valence-corrected chi connectivity index (χ3v) is 2.12. The Labute approximate surface area is 94.5 Å². The van der Waals surface area contributed by atoms with Crippen LogP contribution in [0, 0.1) is 5.92 Å². The van der Waals surface area contributed by atoms with E-state index >= 15 is 0 Å². The highest BCUT2D eigenvalue weighted by Gasteiger charge is 1.94. The van der Waals surface area contributed by atoms with Gasteiger partial charge >= 0.3 is 0 Å². The van der Waals surface area contributed by atoms with Crippen LogP contribution in [0.1, 0.15) is 33.6 Å². The molecule has 0 aliphatic carbocycles. The summed E-state index contributed by atoms with van der Waals surface area (Å²) < 4.78 is 10.8. The largest absolute Gasteiger partial charge is 0.379 e. The van der Waals surface area contributed by atoms with Gasteiger partial charge in [0.25, 0.3) is 0 Å². The fourth-order valence-electron chi connectivity index (χ4n) is 1.24. The summed E-state index contributed by atoms with van der Waals surface area (Å²) in [5.41, 5.74) is 0. The molecule has 0 aromatic heterocycles. The predicted octanol–water partition coefficient (Wildman–Crippen LogP) is 2.07. The topological polar surface area (TPSA) is 30.5 Å². The molecule has 3 heteroatoms. The molecule has 0 saturated carbocycles. The molecule has 0 bridgehead atoms. The summed E-state index contributed by atoms with van der Waals surface area (Å²) in [6.07, 6.45) is 2.41. The summed E-state index contributed by atoms with van der Waals surface area (Å²) in [7, 11) is 0. The summed E-state index contributed by atoms with van der Waals surface area (Å²) in [4.78, 5) is 0. The third-order valence-electron chi connectivity index (χ3n) is 2.12. The lowest BCUT2D eigenvalue weighted by Crippen LogP contribution is -2.20. The van der Waals surface area contributed by atoms with Crippen LogP contribution in [0.25, 0.3) is 0 Å². The lowest BCUT2D eigenvalue weighted by atomic mass is 10.1. The molecule has 0 heterocycles. The maximum atomic E-state index is 5.45. The van der Waals surface area contributed by atoms with Gasteiger partial charge in [-0.05, 0) is 25.3 Å². The molecule has 0 atom stereocenters. The normalized spacial score (nSPS) is 11.2. The van der Waals surface area contributed by atoms with Crippen molar-refractivity contribution < 1.29 is 9.47 Å². The Balaban J connectivity index is 2.87. The van der Waals surface area contributed by atoms with E-state index in [0.717, 1.165) is 45.2 Å². The van der Waals surface area contributed by atoms with E-state index in [1.165, 1.54) is 6.42 Å². The number of ether oxygens (including phenoxy) is 2. The summed E-state index contributed by atoms with van der Waals surface area (Å²) in [6, 6.07) is 0. The Bertz CT molecular complexity index is 118. The van der Waals surface area contributed by atoms with Crippen molar-refractivity contribution >= 4 is 0 Å². The van der Waals surface area contributed by atoms with Gasteiger partial charge in [0, 0.05) is 13.2 Å². The van der Waals surface area contributed by atoms with Crippen LogP contribution in [0.15, 0.2) is 0 Å². The molecule has 0 aliphatic rings. The molecule has 0 aliphatic heterocycles. The highest BCUT2D eigenvalue weighted by atomic mass is 16.5. The van der Waals surface area contributed by atoms with E-state index in [2.05, 4.69) is 26.1 Å². The average molecular weight is 217 g/mol. The molecular weight excluding hydrogens is 190 g/mol. The monoisotopic (exact) mass is 217 g/mol. The van der Waals surface area contributed by atoms with Crippen molar-refractivity contribution in [2.75, 3.05) is 39.5 Å². The van der Waals surface area contributed by atoms with Crippen LogP contribution in [0.3, 0.4) is 0 Å². The van der Waals surface area contributed by atoms with Crippen LogP contribution in [-0.4, -0.2) is 39.5 Å². The number of nitrogens with one attached hydrogen (secondary N) is 1. The van der Waals surface area contributed by atoms with Crippen molar-refractivity contribution in [1.82, 2.24) is 5.32 Å². The molecule has 0 fully saturated rings. The number of likely N-dealkylation sites (N-methyl/N-ethyl adjacent to an activating group) is 1. The van der Waals surface area contributed by atoms with Crippen LogP contribution in [0.2, 0.25) is 0 Å².